The maximum absolute atomic E-state index is 9.31. The predicted octanol–water partition coefficient (Wildman–Crippen LogP) is 2.00. The minimum Gasteiger partial charge on any atom is -0.297 e. The van der Waals surface area contributed by atoms with Gasteiger partial charge in [-0.05, 0) is 40.0 Å². The van der Waals surface area contributed by atoms with E-state index < -0.39 is 5.54 Å². The van der Waals surface area contributed by atoms with Crippen LogP contribution < -0.4 is 5.32 Å². The first-order valence-corrected chi connectivity index (χ1v) is 6.29. The smallest absolute Gasteiger partial charge is 0.116 e. The number of nitrogens with zero attached hydrogens (tertiary/aromatic N) is 2. The van der Waals surface area contributed by atoms with Gasteiger partial charge in [-0.3, -0.25) is 10.2 Å². The van der Waals surface area contributed by atoms with Crippen molar-refractivity contribution in [2.24, 2.45) is 5.92 Å². The lowest BCUT2D eigenvalue weighted by Gasteiger charge is -2.32. The quantitative estimate of drug-likeness (QED) is 0.792. The molecule has 92 valence electrons. The molecule has 3 heteroatoms. The van der Waals surface area contributed by atoms with E-state index in [0.717, 1.165) is 19.0 Å². The fourth-order valence-corrected chi connectivity index (χ4v) is 2.76. The summed E-state index contributed by atoms with van der Waals surface area (Å²) in [6.45, 7) is 12.7. The molecule has 0 aromatic rings. The molecular weight excluding hydrogens is 198 g/mol. The molecule has 3 unspecified atom stereocenters. The van der Waals surface area contributed by atoms with E-state index in [1.165, 1.54) is 6.42 Å². The van der Waals surface area contributed by atoms with E-state index in [1.807, 2.05) is 6.92 Å². The molecule has 1 rings (SSSR count). The Balaban J connectivity index is 2.60. The largest absolute Gasteiger partial charge is 0.297 e. The summed E-state index contributed by atoms with van der Waals surface area (Å²) in [6, 6.07) is 3.37. The summed E-state index contributed by atoms with van der Waals surface area (Å²) >= 11 is 0. The lowest BCUT2D eigenvalue weighted by molar-refractivity contribution is 0.205. The Morgan fingerprint density at radius 3 is 2.50 bits per heavy atom. The molecule has 0 aromatic carbocycles. The molecule has 1 aliphatic heterocycles. The average Bonchev–Trinajstić information content (AvgIpc) is 2.43. The van der Waals surface area contributed by atoms with Crippen LogP contribution in [0, 0.1) is 17.2 Å². The summed E-state index contributed by atoms with van der Waals surface area (Å²) < 4.78 is 0. The van der Waals surface area contributed by atoms with E-state index in [1.54, 1.807) is 0 Å². The van der Waals surface area contributed by atoms with Crippen molar-refractivity contribution in [3.8, 4) is 6.07 Å². The minimum atomic E-state index is -0.424. The SMILES string of the molecule is CC1CC(C)N(CC(C)(C#N)NC(C)C)C1. The normalized spacial score (nSPS) is 30.3. The van der Waals surface area contributed by atoms with E-state index in [2.05, 4.69) is 44.0 Å². The maximum atomic E-state index is 9.31. The summed E-state index contributed by atoms with van der Waals surface area (Å²) in [7, 11) is 0. The van der Waals surface area contributed by atoms with Gasteiger partial charge in [-0.2, -0.15) is 5.26 Å². The van der Waals surface area contributed by atoms with Crippen molar-refractivity contribution in [3.63, 3.8) is 0 Å². The summed E-state index contributed by atoms with van der Waals surface area (Å²) in [5.41, 5.74) is -0.424. The highest BCUT2D eigenvalue weighted by molar-refractivity contribution is 5.07. The van der Waals surface area contributed by atoms with Crippen molar-refractivity contribution in [1.82, 2.24) is 10.2 Å². The number of nitriles is 1. The van der Waals surface area contributed by atoms with Gasteiger partial charge in [0.25, 0.3) is 0 Å². The molecule has 1 N–H and O–H groups in total. The van der Waals surface area contributed by atoms with Crippen molar-refractivity contribution in [1.29, 1.82) is 5.26 Å². The Hall–Kier alpha value is -0.590. The van der Waals surface area contributed by atoms with Crippen molar-refractivity contribution in [2.75, 3.05) is 13.1 Å². The Morgan fingerprint density at radius 1 is 1.50 bits per heavy atom. The summed E-state index contributed by atoms with van der Waals surface area (Å²) in [4.78, 5) is 2.43. The zero-order valence-corrected chi connectivity index (χ0v) is 11.2. The van der Waals surface area contributed by atoms with Crippen LogP contribution in [0.3, 0.4) is 0 Å². The average molecular weight is 223 g/mol. The van der Waals surface area contributed by atoms with Crippen LogP contribution in [0.2, 0.25) is 0 Å². The predicted molar refractivity (Wildman–Crippen MR) is 67.1 cm³/mol. The molecule has 0 aromatic heterocycles. The molecule has 1 fully saturated rings. The Kier molecular flexibility index (Phi) is 4.35. The van der Waals surface area contributed by atoms with Gasteiger partial charge < -0.3 is 0 Å². The number of nitrogens with one attached hydrogen (secondary N) is 1. The fourth-order valence-electron chi connectivity index (χ4n) is 2.76. The van der Waals surface area contributed by atoms with Crippen LogP contribution in [0.4, 0.5) is 0 Å². The molecule has 1 saturated heterocycles. The second-order valence-electron chi connectivity index (χ2n) is 5.86. The van der Waals surface area contributed by atoms with Crippen LogP contribution in [0.15, 0.2) is 0 Å². The summed E-state index contributed by atoms with van der Waals surface area (Å²) in [6.07, 6.45) is 1.25. The standard InChI is InChI=1S/C13H25N3/c1-10(2)15-13(5,8-14)9-16-7-11(3)6-12(16)4/h10-12,15H,6-7,9H2,1-5H3. The van der Waals surface area contributed by atoms with Gasteiger partial charge in [0.05, 0.1) is 6.07 Å². The number of likely N-dealkylation sites (tertiary alicyclic amines) is 1. The molecule has 3 atom stereocenters. The van der Waals surface area contributed by atoms with Crippen LogP contribution in [0.1, 0.15) is 41.0 Å². The molecule has 0 spiro atoms. The second-order valence-corrected chi connectivity index (χ2v) is 5.86. The van der Waals surface area contributed by atoms with Crippen LogP contribution in [0.25, 0.3) is 0 Å². The highest BCUT2D eigenvalue weighted by Crippen LogP contribution is 2.24. The zero-order valence-electron chi connectivity index (χ0n) is 11.2. The monoisotopic (exact) mass is 223 g/mol. The van der Waals surface area contributed by atoms with Gasteiger partial charge in [-0.25, -0.2) is 0 Å². The number of hydrogen-bond acceptors (Lipinski definition) is 3. The second kappa shape index (κ2) is 5.16. The van der Waals surface area contributed by atoms with Crippen molar-refractivity contribution < 1.29 is 0 Å². The van der Waals surface area contributed by atoms with Gasteiger partial charge in [0.15, 0.2) is 0 Å². The van der Waals surface area contributed by atoms with Crippen LogP contribution in [-0.4, -0.2) is 35.6 Å². The lowest BCUT2D eigenvalue weighted by atomic mass is 10.0. The maximum Gasteiger partial charge on any atom is 0.116 e. The molecule has 1 aliphatic rings. The Bertz CT molecular complexity index is 269. The fraction of sp³-hybridized carbons (Fsp3) is 0.923. The molecule has 0 radical (unpaired) electrons. The van der Waals surface area contributed by atoms with E-state index in [0.29, 0.717) is 12.1 Å². The topological polar surface area (TPSA) is 39.1 Å². The molecule has 0 saturated carbocycles. The first-order valence-electron chi connectivity index (χ1n) is 6.29. The summed E-state index contributed by atoms with van der Waals surface area (Å²) in [5, 5.41) is 12.7. The van der Waals surface area contributed by atoms with E-state index in [-0.39, 0.29) is 0 Å². The molecule has 16 heavy (non-hydrogen) atoms. The first-order chi connectivity index (χ1) is 7.36. The van der Waals surface area contributed by atoms with E-state index >= 15 is 0 Å². The third kappa shape index (κ3) is 3.47. The van der Waals surface area contributed by atoms with Crippen molar-refractivity contribution in [3.05, 3.63) is 0 Å². The highest BCUT2D eigenvalue weighted by atomic mass is 15.2. The lowest BCUT2D eigenvalue weighted by Crippen LogP contribution is -2.53. The van der Waals surface area contributed by atoms with Gasteiger partial charge in [-0.15, -0.1) is 0 Å². The highest BCUT2D eigenvalue weighted by Gasteiger charge is 2.33. The molecular formula is C13H25N3. The molecule has 0 bridgehead atoms. The van der Waals surface area contributed by atoms with Crippen LogP contribution in [0.5, 0.6) is 0 Å². The Morgan fingerprint density at radius 2 is 2.12 bits per heavy atom. The minimum absolute atomic E-state index is 0.347. The molecule has 0 aliphatic carbocycles. The van der Waals surface area contributed by atoms with Gasteiger partial charge in [-0.1, -0.05) is 6.92 Å². The zero-order chi connectivity index (χ0) is 12.3. The van der Waals surface area contributed by atoms with Gasteiger partial charge in [0.2, 0.25) is 0 Å². The molecule has 1 heterocycles. The number of rotatable bonds is 4. The van der Waals surface area contributed by atoms with Gasteiger partial charge >= 0.3 is 0 Å². The first kappa shape index (κ1) is 13.5. The number of hydrogen-bond donors (Lipinski definition) is 1. The van der Waals surface area contributed by atoms with Gasteiger partial charge in [0, 0.05) is 25.2 Å². The Labute approximate surface area is 99.8 Å². The third-order valence-electron chi connectivity index (χ3n) is 3.29. The summed E-state index contributed by atoms with van der Waals surface area (Å²) in [5.74, 6) is 0.761. The molecule has 0 amide bonds. The van der Waals surface area contributed by atoms with Crippen LogP contribution >= 0.6 is 0 Å². The van der Waals surface area contributed by atoms with E-state index in [4.69, 9.17) is 0 Å². The van der Waals surface area contributed by atoms with Crippen molar-refractivity contribution in [2.45, 2.75) is 58.7 Å². The van der Waals surface area contributed by atoms with E-state index in [9.17, 15) is 5.26 Å². The third-order valence-corrected chi connectivity index (χ3v) is 3.29. The van der Waals surface area contributed by atoms with Crippen molar-refractivity contribution >= 4 is 0 Å². The van der Waals surface area contributed by atoms with Gasteiger partial charge in [0.1, 0.15) is 5.54 Å². The van der Waals surface area contributed by atoms with Crippen LogP contribution in [-0.2, 0) is 0 Å². The molecule has 3 nitrogen and oxygen atoms in total.